The van der Waals surface area contributed by atoms with Crippen molar-refractivity contribution in [3.8, 4) is 23.1 Å². The van der Waals surface area contributed by atoms with Gasteiger partial charge in [0, 0.05) is 36.0 Å². The minimum Gasteiger partial charge on any atom is -0.474 e. The lowest BCUT2D eigenvalue weighted by molar-refractivity contribution is -0.110. The van der Waals surface area contributed by atoms with E-state index in [2.05, 4.69) is 20.2 Å². The fourth-order valence-corrected chi connectivity index (χ4v) is 7.77. The van der Waals surface area contributed by atoms with Crippen molar-refractivity contribution < 1.29 is 22.7 Å². The van der Waals surface area contributed by atoms with Crippen molar-refractivity contribution in [2.24, 2.45) is 0 Å². The number of amides is 1. The van der Waals surface area contributed by atoms with Crippen molar-refractivity contribution in [2.75, 3.05) is 18.8 Å². The van der Waals surface area contributed by atoms with Gasteiger partial charge in [0.1, 0.15) is 29.2 Å². The van der Waals surface area contributed by atoms with E-state index in [4.69, 9.17) is 22.1 Å². The van der Waals surface area contributed by atoms with Crippen LogP contribution in [0.5, 0.6) is 5.88 Å². The number of thiophene rings is 1. The molecule has 7 rings (SSSR count). The number of nitrogens with two attached hydrogens (primary N) is 1. The number of nitrogens with zero attached hydrogens (tertiary/aromatic N) is 3. The average Bonchev–Trinajstić information content (AvgIpc) is 3.75. The quantitative estimate of drug-likeness (QED) is 0.247. The van der Waals surface area contributed by atoms with Crippen LogP contribution in [0.4, 0.5) is 18.2 Å². The number of carbonyl (C=O) groups excluding carboxylic acids is 1. The SMILES string of the molecule is F[C@@H]1CC2CCCN2C1.N#Cc1c(N)sc2c(F)ccc(-c3c(Cl)cc4c(O[C@@H]5CC[C@H](NC=O)C5)nc(=O)[nH]c4c3F)c12. The molecule has 4 atom stereocenters. The molecule has 2 aliphatic heterocycles. The Kier molecular flexibility index (Phi) is 8.41. The van der Waals surface area contributed by atoms with Gasteiger partial charge in [-0.1, -0.05) is 17.7 Å². The summed E-state index contributed by atoms with van der Waals surface area (Å²) in [6, 6.07) is 6.35. The molecule has 2 aromatic carbocycles. The molecular formula is C30H28ClF3N6O3S. The summed E-state index contributed by atoms with van der Waals surface area (Å²) >= 11 is 7.39. The fraction of sp³-hybridized carbons (Fsp3) is 0.400. The molecule has 2 aromatic heterocycles. The number of carbonyl (C=O) groups is 1. The van der Waals surface area contributed by atoms with Crippen LogP contribution in [-0.4, -0.2) is 58.7 Å². The Morgan fingerprint density at radius 2 is 2.09 bits per heavy atom. The smallest absolute Gasteiger partial charge is 0.348 e. The van der Waals surface area contributed by atoms with E-state index in [1.54, 1.807) is 0 Å². The zero-order chi connectivity index (χ0) is 31.1. The second kappa shape index (κ2) is 12.3. The zero-order valence-electron chi connectivity index (χ0n) is 23.3. The highest BCUT2D eigenvalue weighted by atomic mass is 35.5. The molecular weight excluding hydrogens is 617 g/mol. The molecule has 0 spiro atoms. The number of anilines is 1. The summed E-state index contributed by atoms with van der Waals surface area (Å²) in [5.41, 5.74) is 4.93. The second-order valence-electron chi connectivity index (χ2n) is 11.2. The van der Waals surface area contributed by atoms with Crippen LogP contribution < -0.4 is 21.5 Å². The van der Waals surface area contributed by atoms with Crippen LogP contribution in [0, 0.1) is 23.0 Å². The first-order chi connectivity index (χ1) is 21.2. The fourth-order valence-electron chi connectivity index (χ4n) is 6.52. The predicted molar refractivity (Wildman–Crippen MR) is 163 cm³/mol. The summed E-state index contributed by atoms with van der Waals surface area (Å²) in [5, 5.41) is 12.6. The van der Waals surface area contributed by atoms with Gasteiger partial charge in [-0.05, 0) is 56.3 Å². The van der Waals surface area contributed by atoms with Crippen LogP contribution >= 0.6 is 22.9 Å². The van der Waals surface area contributed by atoms with E-state index in [9.17, 15) is 23.6 Å². The number of fused-ring (bicyclic) bond motifs is 3. The molecule has 4 N–H and O–H groups in total. The second-order valence-corrected chi connectivity index (χ2v) is 12.7. The first-order valence-corrected chi connectivity index (χ1v) is 15.4. The molecule has 1 saturated carbocycles. The number of aromatic amines is 1. The molecule has 4 aromatic rings. The Morgan fingerprint density at radius 3 is 2.84 bits per heavy atom. The van der Waals surface area contributed by atoms with Crippen molar-refractivity contribution in [2.45, 2.75) is 62.9 Å². The molecule has 3 fully saturated rings. The third kappa shape index (κ3) is 5.58. The van der Waals surface area contributed by atoms with Crippen LogP contribution in [0.25, 0.3) is 32.1 Å². The molecule has 14 heteroatoms. The number of aromatic nitrogens is 2. The summed E-state index contributed by atoms with van der Waals surface area (Å²) in [6.45, 7) is 1.86. The van der Waals surface area contributed by atoms with Crippen molar-refractivity contribution >= 4 is 55.3 Å². The number of rotatable bonds is 5. The third-order valence-corrected chi connectivity index (χ3v) is 9.83. The van der Waals surface area contributed by atoms with Gasteiger partial charge in [-0.2, -0.15) is 10.2 Å². The Labute approximate surface area is 258 Å². The maximum atomic E-state index is 15.9. The number of nitriles is 1. The third-order valence-electron chi connectivity index (χ3n) is 8.51. The summed E-state index contributed by atoms with van der Waals surface area (Å²) in [4.78, 5) is 31.5. The van der Waals surface area contributed by atoms with E-state index in [1.807, 2.05) is 6.07 Å². The van der Waals surface area contributed by atoms with Crippen molar-refractivity contribution in [1.82, 2.24) is 20.2 Å². The number of alkyl halides is 1. The number of H-pyrrole nitrogens is 1. The van der Waals surface area contributed by atoms with Crippen LogP contribution in [0.3, 0.4) is 0 Å². The van der Waals surface area contributed by atoms with E-state index in [0.717, 1.165) is 30.4 Å². The minimum absolute atomic E-state index is 0.0158. The molecule has 1 amide bonds. The minimum atomic E-state index is -0.884. The molecule has 0 bridgehead atoms. The largest absolute Gasteiger partial charge is 0.474 e. The number of nitrogens with one attached hydrogen (secondary N) is 2. The standard InChI is InChI=1S/C23H16ClF2N5O3S.C7H12FN/c24-14-6-12-19(30-23(33)31-22(12)34-10-2-1-9(5-10)29-8-32)18(26)17(14)11-3-4-15(25)20-16(11)13(7-27)21(28)35-20;8-6-4-7-2-1-3-9(7)5-6/h3-4,6,8-10H,1-2,5,28H2,(H,29,32)(H,30,31,33);6-7H,1-5H2/t9-,10+;6-,7?/m01/s1. The van der Waals surface area contributed by atoms with E-state index in [1.165, 1.54) is 25.0 Å². The first kappa shape index (κ1) is 30.2. The first-order valence-electron chi connectivity index (χ1n) is 14.3. The Morgan fingerprint density at radius 1 is 1.27 bits per heavy atom. The monoisotopic (exact) mass is 644 g/mol. The molecule has 9 nitrogen and oxygen atoms in total. The normalized spacial score (nSPS) is 22.9. The molecule has 1 aliphatic carbocycles. The Balaban J connectivity index is 0.000000323. The topological polar surface area (TPSA) is 137 Å². The van der Waals surface area contributed by atoms with Crippen LogP contribution in [-0.2, 0) is 4.79 Å². The molecule has 2 saturated heterocycles. The van der Waals surface area contributed by atoms with Crippen LogP contribution in [0.1, 0.15) is 44.1 Å². The van der Waals surface area contributed by atoms with Crippen molar-refractivity contribution in [1.29, 1.82) is 5.26 Å². The highest BCUT2D eigenvalue weighted by Crippen LogP contribution is 2.45. The van der Waals surface area contributed by atoms with Gasteiger partial charge in [0.2, 0.25) is 12.3 Å². The summed E-state index contributed by atoms with van der Waals surface area (Å²) in [7, 11) is 0. The van der Waals surface area contributed by atoms with Gasteiger partial charge in [0.15, 0.2) is 5.82 Å². The van der Waals surface area contributed by atoms with E-state index in [0.29, 0.717) is 38.3 Å². The lowest BCUT2D eigenvalue weighted by Crippen LogP contribution is -2.26. The zero-order valence-corrected chi connectivity index (χ0v) is 24.9. The maximum absolute atomic E-state index is 15.9. The molecule has 4 heterocycles. The maximum Gasteiger partial charge on any atom is 0.348 e. The Bertz CT molecular complexity index is 1850. The summed E-state index contributed by atoms with van der Waals surface area (Å²) in [5.74, 6) is -1.58. The summed E-state index contributed by atoms with van der Waals surface area (Å²) in [6.07, 6.45) is 4.90. The van der Waals surface area contributed by atoms with Gasteiger partial charge in [-0.15, -0.1) is 11.3 Å². The number of benzene rings is 2. The van der Waals surface area contributed by atoms with Gasteiger partial charge in [0.05, 0.1) is 26.2 Å². The van der Waals surface area contributed by atoms with E-state index >= 15 is 4.39 Å². The molecule has 230 valence electrons. The van der Waals surface area contributed by atoms with Crippen LogP contribution in [0.15, 0.2) is 23.0 Å². The molecule has 3 aliphatic rings. The highest BCUT2D eigenvalue weighted by Gasteiger charge is 2.35. The molecule has 1 unspecified atom stereocenters. The average molecular weight is 645 g/mol. The lowest BCUT2D eigenvalue weighted by Gasteiger charge is -2.16. The number of ether oxygens (including phenoxy) is 1. The number of nitrogen functional groups attached to an aromatic ring is 1. The molecule has 0 radical (unpaired) electrons. The van der Waals surface area contributed by atoms with Gasteiger partial charge in [0.25, 0.3) is 0 Å². The number of hydrogen-bond acceptors (Lipinski definition) is 8. The van der Waals surface area contributed by atoms with E-state index < -0.39 is 23.5 Å². The lowest BCUT2D eigenvalue weighted by atomic mass is 9.97. The van der Waals surface area contributed by atoms with Gasteiger partial charge >= 0.3 is 5.69 Å². The number of halogens is 4. The Hall–Kier alpha value is -3.86. The van der Waals surface area contributed by atoms with Crippen molar-refractivity contribution in [3.05, 3.63) is 50.9 Å². The van der Waals surface area contributed by atoms with E-state index in [-0.39, 0.29) is 65.7 Å². The van der Waals surface area contributed by atoms with Gasteiger partial charge < -0.3 is 20.8 Å². The van der Waals surface area contributed by atoms with Gasteiger partial charge in [-0.3, -0.25) is 9.69 Å². The summed E-state index contributed by atoms with van der Waals surface area (Å²) < 4.78 is 49.0. The molecule has 44 heavy (non-hydrogen) atoms. The van der Waals surface area contributed by atoms with Crippen molar-refractivity contribution in [3.63, 3.8) is 0 Å². The number of hydrogen-bond donors (Lipinski definition) is 3. The van der Waals surface area contributed by atoms with Gasteiger partial charge in [-0.25, -0.2) is 18.0 Å². The van der Waals surface area contributed by atoms with Crippen LogP contribution in [0.2, 0.25) is 5.02 Å². The highest BCUT2D eigenvalue weighted by molar-refractivity contribution is 7.23. The predicted octanol–water partition coefficient (Wildman–Crippen LogP) is 5.43.